The van der Waals surface area contributed by atoms with E-state index in [-0.39, 0.29) is 23.5 Å². The average Bonchev–Trinajstić information content (AvgIpc) is 3.52. The molecule has 5 rings (SSSR count). The van der Waals surface area contributed by atoms with Crippen LogP contribution in [0.2, 0.25) is 0 Å². The Hall–Kier alpha value is -3.03. The molecular formula is C24H29N3O5. The Bertz CT molecular complexity index is 1000. The Balaban J connectivity index is 1.20. The third-order valence-corrected chi connectivity index (χ3v) is 6.82. The van der Waals surface area contributed by atoms with Gasteiger partial charge >= 0.3 is 0 Å². The fraction of sp³-hybridized carbons (Fsp3) is 0.542. The quantitative estimate of drug-likeness (QED) is 0.777. The van der Waals surface area contributed by atoms with Crippen molar-refractivity contribution in [3.63, 3.8) is 0 Å². The molecule has 2 fully saturated rings. The number of likely N-dealkylation sites (tertiary alicyclic amines) is 1. The molecule has 0 atom stereocenters. The molecule has 8 nitrogen and oxygen atoms in total. The highest BCUT2D eigenvalue weighted by Gasteiger charge is 2.31. The summed E-state index contributed by atoms with van der Waals surface area (Å²) in [5.41, 5.74) is 2.31. The van der Waals surface area contributed by atoms with E-state index in [1.165, 1.54) is 12.8 Å². The number of amides is 2. The minimum atomic E-state index is -0.350. The number of nitrogens with zero attached hydrogens (tertiary/aromatic N) is 2. The molecule has 1 aromatic heterocycles. The van der Waals surface area contributed by atoms with Crippen molar-refractivity contribution >= 4 is 17.5 Å². The maximum absolute atomic E-state index is 12.7. The zero-order chi connectivity index (χ0) is 22.1. The summed E-state index contributed by atoms with van der Waals surface area (Å²) >= 11 is 0. The van der Waals surface area contributed by atoms with E-state index in [9.17, 15) is 9.59 Å². The SMILES string of the molecule is Cc1cc2c(cc1NC(=O)c1cc(C3CCN(C(=O)C4CCCC4)CC3)no1)OCCO2. The van der Waals surface area contributed by atoms with Gasteiger partial charge in [-0.15, -0.1) is 0 Å². The van der Waals surface area contributed by atoms with Gasteiger partial charge in [-0.25, -0.2) is 0 Å². The van der Waals surface area contributed by atoms with Crippen LogP contribution in [0, 0.1) is 12.8 Å². The average molecular weight is 440 g/mol. The monoisotopic (exact) mass is 439 g/mol. The molecule has 32 heavy (non-hydrogen) atoms. The Morgan fingerprint density at radius 3 is 2.41 bits per heavy atom. The van der Waals surface area contributed by atoms with Crippen molar-refractivity contribution in [1.29, 1.82) is 0 Å². The number of aryl methyl sites for hydroxylation is 1. The standard InChI is InChI=1S/C24H29N3O5/c1-15-12-20-21(31-11-10-30-20)13-18(15)25-23(28)22-14-19(26-32-22)16-6-8-27(9-7-16)24(29)17-4-2-3-5-17/h12-14,16-17H,2-11H2,1H3,(H,25,28). The van der Waals surface area contributed by atoms with Gasteiger partial charge in [-0.1, -0.05) is 18.0 Å². The Labute approximate surface area is 187 Å². The predicted molar refractivity (Wildman–Crippen MR) is 117 cm³/mol. The van der Waals surface area contributed by atoms with Gasteiger partial charge in [0.15, 0.2) is 11.5 Å². The topological polar surface area (TPSA) is 93.9 Å². The Kier molecular flexibility index (Phi) is 5.76. The van der Waals surface area contributed by atoms with Gasteiger partial charge in [-0.05, 0) is 44.2 Å². The van der Waals surface area contributed by atoms with Crippen molar-refractivity contribution in [2.45, 2.75) is 51.4 Å². The van der Waals surface area contributed by atoms with Gasteiger partial charge in [0.2, 0.25) is 11.7 Å². The van der Waals surface area contributed by atoms with E-state index in [4.69, 9.17) is 14.0 Å². The van der Waals surface area contributed by atoms with Crippen LogP contribution < -0.4 is 14.8 Å². The summed E-state index contributed by atoms with van der Waals surface area (Å²) in [6, 6.07) is 5.36. The van der Waals surface area contributed by atoms with Crippen molar-refractivity contribution in [3.05, 3.63) is 35.2 Å². The third kappa shape index (κ3) is 4.18. The number of aromatic nitrogens is 1. The maximum atomic E-state index is 12.7. The minimum Gasteiger partial charge on any atom is -0.486 e. The first kappa shape index (κ1) is 20.8. The lowest BCUT2D eigenvalue weighted by Crippen LogP contribution is -2.40. The molecule has 2 aliphatic heterocycles. The molecule has 2 amide bonds. The second kappa shape index (κ2) is 8.84. The number of carbonyl (C=O) groups is 2. The molecule has 1 N–H and O–H groups in total. The minimum absolute atomic E-state index is 0.179. The zero-order valence-corrected chi connectivity index (χ0v) is 18.4. The van der Waals surface area contributed by atoms with Crippen LogP contribution >= 0.6 is 0 Å². The van der Waals surface area contributed by atoms with Gasteiger partial charge < -0.3 is 24.2 Å². The normalized spacial score (nSPS) is 19.2. The van der Waals surface area contributed by atoms with Crippen LogP contribution in [0.4, 0.5) is 5.69 Å². The lowest BCUT2D eigenvalue weighted by Gasteiger charge is -2.32. The first-order valence-electron chi connectivity index (χ1n) is 11.6. The van der Waals surface area contributed by atoms with E-state index < -0.39 is 0 Å². The number of carbonyl (C=O) groups excluding carboxylic acids is 2. The number of fused-ring (bicyclic) bond motifs is 1. The first-order chi connectivity index (χ1) is 15.6. The van der Waals surface area contributed by atoms with E-state index in [1.54, 1.807) is 12.1 Å². The van der Waals surface area contributed by atoms with Crippen LogP contribution in [-0.4, -0.2) is 48.2 Å². The molecule has 8 heteroatoms. The summed E-state index contributed by atoms with van der Waals surface area (Å²) in [6.07, 6.45) is 6.08. The second-order valence-electron chi connectivity index (χ2n) is 8.96. The van der Waals surface area contributed by atoms with E-state index in [0.29, 0.717) is 36.3 Å². The fourth-order valence-corrected chi connectivity index (χ4v) is 4.92. The number of anilines is 1. The van der Waals surface area contributed by atoms with Crippen molar-refractivity contribution in [1.82, 2.24) is 10.1 Å². The van der Waals surface area contributed by atoms with Crippen molar-refractivity contribution in [2.75, 3.05) is 31.6 Å². The van der Waals surface area contributed by atoms with Gasteiger partial charge in [-0.3, -0.25) is 9.59 Å². The lowest BCUT2D eigenvalue weighted by atomic mass is 9.92. The Morgan fingerprint density at radius 2 is 1.69 bits per heavy atom. The van der Waals surface area contributed by atoms with Crippen LogP contribution in [0.3, 0.4) is 0 Å². The summed E-state index contributed by atoms with van der Waals surface area (Å²) < 4.78 is 16.5. The molecule has 2 aromatic rings. The summed E-state index contributed by atoms with van der Waals surface area (Å²) in [7, 11) is 0. The van der Waals surface area contributed by atoms with E-state index in [0.717, 1.165) is 50.0 Å². The molecule has 1 saturated carbocycles. The van der Waals surface area contributed by atoms with Gasteiger partial charge in [0, 0.05) is 42.7 Å². The third-order valence-electron chi connectivity index (χ3n) is 6.82. The molecule has 0 bridgehead atoms. The van der Waals surface area contributed by atoms with E-state index in [1.807, 2.05) is 17.9 Å². The smallest absolute Gasteiger partial charge is 0.294 e. The van der Waals surface area contributed by atoms with E-state index in [2.05, 4.69) is 10.5 Å². The number of hydrogen-bond acceptors (Lipinski definition) is 6. The number of ether oxygens (including phenoxy) is 2. The summed E-state index contributed by atoms with van der Waals surface area (Å²) in [5, 5.41) is 7.04. The maximum Gasteiger partial charge on any atom is 0.294 e. The van der Waals surface area contributed by atoms with Crippen molar-refractivity contribution < 1.29 is 23.6 Å². The summed E-state index contributed by atoms with van der Waals surface area (Å²) in [4.78, 5) is 27.4. The molecule has 0 radical (unpaired) electrons. The summed E-state index contributed by atoms with van der Waals surface area (Å²) in [6.45, 7) is 4.39. The highest BCUT2D eigenvalue weighted by atomic mass is 16.6. The number of nitrogens with one attached hydrogen (secondary N) is 1. The highest BCUT2D eigenvalue weighted by molar-refractivity contribution is 6.02. The molecule has 3 aliphatic rings. The van der Waals surface area contributed by atoms with Crippen LogP contribution in [0.25, 0.3) is 0 Å². The second-order valence-corrected chi connectivity index (χ2v) is 8.96. The number of rotatable bonds is 4. The molecule has 1 saturated heterocycles. The number of benzene rings is 1. The number of piperidine rings is 1. The lowest BCUT2D eigenvalue weighted by molar-refractivity contribution is -0.136. The number of hydrogen-bond donors (Lipinski definition) is 1. The predicted octanol–water partition coefficient (Wildman–Crippen LogP) is 3.90. The largest absolute Gasteiger partial charge is 0.486 e. The molecule has 1 aliphatic carbocycles. The molecular weight excluding hydrogens is 410 g/mol. The van der Waals surface area contributed by atoms with Crippen molar-refractivity contribution in [2.24, 2.45) is 5.92 Å². The zero-order valence-electron chi connectivity index (χ0n) is 18.4. The van der Waals surface area contributed by atoms with Gasteiger partial charge in [-0.2, -0.15) is 0 Å². The molecule has 3 heterocycles. The van der Waals surface area contributed by atoms with Crippen LogP contribution in [0.5, 0.6) is 11.5 Å². The van der Waals surface area contributed by atoms with Gasteiger partial charge in [0.25, 0.3) is 5.91 Å². The summed E-state index contributed by atoms with van der Waals surface area (Å²) in [5.74, 6) is 1.87. The molecule has 1 aromatic carbocycles. The van der Waals surface area contributed by atoms with Crippen LogP contribution in [0.15, 0.2) is 22.7 Å². The Morgan fingerprint density at radius 1 is 1.00 bits per heavy atom. The molecule has 0 unspecified atom stereocenters. The fourth-order valence-electron chi connectivity index (χ4n) is 4.92. The van der Waals surface area contributed by atoms with Gasteiger partial charge in [0.05, 0.1) is 5.69 Å². The van der Waals surface area contributed by atoms with E-state index >= 15 is 0 Å². The van der Waals surface area contributed by atoms with Crippen LogP contribution in [-0.2, 0) is 4.79 Å². The van der Waals surface area contributed by atoms with Crippen LogP contribution in [0.1, 0.15) is 66.3 Å². The van der Waals surface area contributed by atoms with Gasteiger partial charge in [0.1, 0.15) is 13.2 Å². The van der Waals surface area contributed by atoms with Crippen molar-refractivity contribution in [3.8, 4) is 11.5 Å². The highest BCUT2D eigenvalue weighted by Crippen LogP contribution is 2.36. The molecule has 170 valence electrons. The molecule has 0 spiro atoms. The first-order valence-corrected chi connectivity index (χ1v) is 11.6.